The number of carbonyl (C=O) groups is 1. The van der Waals surface area contributed by atoms with Crippen LogP contribution in [0.25, 0.3) is 5.78 Å². The van der Waals surface area contributed by atoms with Gasteiger partial charge in [-0.25, -0.2) is 9.50 Å². The van der Waals surface area contributed by atoms with E-state index in [2.05, 4.69) is 20.4 Å². The molecule has 0 aliphatic heterocycles. The highest BCUT2D eigenvalue weighted by atomic mass is 32.2. The first-order valence-corrected chi connectivity index (χ1v) is 10.9. The Morgan fingerprint density at radius 2 is 1.97 bits per heavy atom. The monoisotopic (exact) mass is 411 g/mol. The number of carbonyl (C=O) groups excluding carboxylic acids is 1. The number of nitrogens with zero attached hydrogens (tertiary/aromatic N) is 4. The predicted octanol–water partition coefficient (Wildman–Crippen LogP) is 3.07. The van der Waals surface area contributed by atoms with Gasteiger partial charge in [-0.15, -0.1) is 5.10 Å². The molecule has 0 saturated heterocycles. The van der Waals surface area contributed by atoms with Crippen LogP contribution in [0.5, 0.6) is 0 Å². The van der Waals surface area contributed by atoms with Gasteiger partial charge >= 0.3 is 0 Å². The van der Waals surface area contributed by atoms with Crippen LogP contribution in [0.15, 0.2) is 35.5 Å². The molecule has 0 radical (unpaired) electrons. The molecule has 1 fully saturated rings. The molecule has 8 heteroatoms. The summed E-state index contributed by atoms with van der Waals surface area (Å²) in [4.78, 5) is 21.7. The lowest BCUT2D eigenvalue weighted by atomic mass is 9.93. The lowest BCUT2D eigenvalue weighted by molar-refractivity contribution is 0.0867. The van der Waals surface area contributed by atoms with Crippen molar-refractivity contribution >= 4 is 23.4 Å². The number of amides is 1. The maximum Gasteiger partial charge on any atom is 0.253 e. The quantitative estimate of drug-likeness (QED) is 0.627. The summed E-state index contributed by atoms with van der Waals surface area (Å²) in [7, 11) is 0. The summed E-state index contributed by atoms with van der Waals surface area (Å²) in [6.45, 7) is 3.92. The van der Waals surface area contributed by atoms with Gasteiger partial charge in [-0.05, 0) is 57.2 Å². The van der Waals surface area contributed by atoms with Gasteiger partial charge in [0, 0.05) is 28.7 Å². The molecule has 2 heterocycles. The molecule has 0 spiro atoms. The summed E-state index contributed by atoms with van der Waals surface area (Å²) in [5.41, 5.74) is 3.53. The zero-order valence-electron chi connectivity index (χ0n) is 16.6. The number of benzene rings is 1. The molecule has 1 saturated carbocycles. The molecule has 3 aromatic rings. The molecular weight excluding hydrogens is 386 g/mol. The first-order valence-electron chi connectivity index (χ1n) is 9.90. The fourth-order valence-corrected chi connectivity index (χ4v) is 4.52. The van der Waals surface area contributed by atoms with E-state index in [1.54, 1.807) is 4.52 Å². The molecule has 1 aromatic carbocycles. The zero-order chi connectivity index (χ0) is 20.4. The Bertz CT molecular complexity index is 1030. The Balaban J connectivity index is 1.46. The standard InChI is InChI=1S/C21H25N5O2S/c1-13-11-14(2)26-20(22-13)24-21(25-26)29-12-15-5-3-4-6-18(15)19(28)23-16-7-9-17(27)10-8-16/h3-6,11,16-17,27H,7-10,12H2,1-2H3,(H,23,28). The minimum atomic E-state index is -0.230. The number of aryl methyl sites for hydroxylation is 2. The zero-order valence-corrected chi connectivity index (χ0v) is 17.4. The topological polar surface area (TPSA) is 92.4 Å². The smallest absolute Gasteiger partial charge is 0.253 e. The van der Waals surface area contributed by atoms with Crippen LogP contribution < -0.4 is 5.32 Å². The molecule has 29 heavy (non-hydrogen) atoms. The fourth-order valence-electron chi connectivity index (χ4n) is 3.70. The van der Waals surface area contributed by atoms with Crippen LogP contribution in [-0.4, -0.2) is 42.7 Å². The summed E-state index contributed by atoms with van der Waals surface area (Å²) in [6, 6.07) is 9.75. The number of hydrogen-bond acceptors (Lipinski definition) is 6. The Labute approximate surface area is 174 Å². The van der Waals surface area contributed by atoms with Crippen LogP contribution in [-0.2, 0) is 5.75 Å². The van der Waals surface area contributed by atoms with Gasteiger partial charge in [0.1, 0.15) is 0 Å². The van der Waals surface area contributed by atoms with E-state index in [1.165, 1.54) is 11.8 Å². The Morgan fingerprint density at radius 3 is 2.76 bits per heavy atom. The van der Waals surface area contributed by atoms with Gasteiger partial charge in [-0.2, -0.15) is 4.98 Å². The second-order valence-corrected chi connectivity index (χ2v) is 8.51. The number of fused-ring (bicyclic) bond motifs is 1. The predicted molar refractivity (Wildman–Crippen MR) is 112 cm³/mol. The summed E-state index contributed by atoms with van der Waals surface area (Å²) < 4.78 is 1.74. The van der Waals surface area contributed by atoms with Crippen molar-refractivity contribution in [3.05, 3.63) is 52.8 Å². The van der Waals surface area contributed by atoms with Crippen molar-refractivity contribution in [1.29, 1.82) is 0 Å². The SMILES string of the molecule is Cc1cc(C)n2nc(SCc3ccccc3C(=O)NC3CCC(O)CC3)nc2n1. The number of rotatable bonds is 5. The Hall–Kier alpha value is -2.45. The van der Waals surface area contributed by atoms with Crippen LogP contribution in [0.2, 0.25) is 0 Å². The molecule has 2 aromatic heterocycles. The van der Waals surface area contributed by atoms with Gasteiger partial charge in [0.15, 0.2) is 0 Å². The maximum atomic E-state index is 12.8. The lowest BCUT2D eigenvalue weighted by Gasteiger charge is -2.26. The summed E-state index contributed by atoms with van der Waals surface area (Å²) in [5.74, 6) is 1.14. The third-order valence-electron chi connectivity index (χ3n) is 5.25. The molecule has 7 nitrogen and oxygen atoms in total. The van der Waals surface area contributed by atoms with Crippen LogP contribution in [0.4, 0.5) is 0 Å². The maximum absolute atomic E-state index is 12.8. The molecule has 0 bridgehead atoms. The number of aliphatic hydroxyl groups excluding tert-OH is 1. The van der Waals surface area contributed by atoms with Crippen LogP contribution in [0, 0.1) is 13.8 Å². The largest absolute Gasteiger partial charge is 0.393 e. The molecule has 2 N–H and O–H groups in total. The normalized spacial score (nSPS) is 19.4. The van der Waals surface area contributed by atoms with Gasteiger partial charge < -0.3 is 10.4 Å². The van der Waals surface area contributed by atoms with Crippen molar-refractivity contribution in [2.75, 3.05) is 0 Å². The van der Waals surface area contributed by atoms with Gasteiger partial charge in [0.05, 0.1) is 6.10 Å². The minimum absolute atomic E-state index is 0.0568. The van der Waals surface area contributed by atoms with Crippen molar-refractivity contribution in [2.24, 2.45) is 0 Å². The number of nitrogens with one attached hydrogen (secondary N) is 1. The fraction of sp³-hybridized carbons (Fsp3) is 0.429. The summed E-state index contributed by atoms with van der Waals surface area (Å²) >= 11 is 1.50. The molecule has 1 amide bonds. The van der Waals surface area contributed by atoms with Crippen LogP contribution in [0.1, 0.15) is 53.0 Å². The summed E-state index contributed by atoms with van der Waals surface area (Å²) in [6.07, 6.45) is 2.90. The number of aromatic nitrogens is 4. The molecular formula is C21H25N5O2S. The third-order valence-corrected chi connectivity index (χ3v) is 6.14. The lowest BCUT2D eigenvalue weighted by Crippen LogP contribution is -2.38. The van der Waals surface area contributed by atoms with Crippen molar-refractivity contribution in [3.63, 3.8) is 0 Å². The van der Waals surface area contributed by atoms with Crippen molar-refractivity contribution in [2.45, 2.75) is 62.6 Å². The minimum Gasteiger partial charge on any atom is -0.393 e. The Morgan fingerprint density at radius 1 is 1.21 bits per heavy atom. The average Bonchev–Trinajstić information content (AvgIpc) is 3.11. The highest BCUT2D eigenvalue weighted by molar-refractivity contribution is 7.98. The second-order valence-electron chi connectivity index (χ2n) is 7.57. The Kier molecular flexibility index (Phi) is 5.82. The molecule has 4 rings (SSSR count). The van der Waals surface area contributed by atoms with Crippen LogP contribution >= 0.6 is 11.8 Å². The van der Waals surface area contributed by atoms with Gasteiger partial charge in [-0.1, -0.05) is 30.0 Å². The average molecular weight is 412 g/mol. The second kappa shape index (κ2) is 8.51. The van der Waals surface area contributed by atoms with E-state index in [-0.39, 0.29) is 18.1 Å². The number of hydrogen-bond donors (Lipinski definition) is 2. The van der Waals surface area contributed by atoms with E-state index in [4.69, 9.17) is 0 Å². The van der Waals surface area contributed by atoms with Crippen molar-refractivity contribution in [1.82, 2.24) is 24.9 Å². The van der Waals surface area contributed by atoms with Gasteiger partial charge in [0.2, 0.25) is 5.16 Å². The summed E-state index contributed by atoms with van der Waals surface area (Å²) in [5, 5.41) is 17.9. The van der Waals surface area contributed by atoms with Gasteiger partial charge in [0.25, 0.3) is 11.7 Å². The highest BCUT2D eigenvalue weighted by Gasteiger charge is 2.22. The first kappa shape index (κ1) is 19.8. The molecule has 152 valence electrons. The highest BCUT2D eigenvalue weighted by Crippen LogP contribution is 2.24. The molecule has 0 atom stereocenters. The molecule has 1 aliphatic rings. The van der Waals surface area contributed by atoms with E-state index in [9.17, 15) is 9.90 Å². The van der Waals surface area contributed by atoms with E-state index in [1.807, 2.05) is 44.2 Å². The first-order chi connectivity index (χ1) is 14.0. The van der Waals surface area contributed by atoms with Crippen molar-refractivity contribution in [3.8, 4) is 0 Å². The number of aliphatic hydroxyl groups is 1. The van der Waals surface area contributed by atoms with E-state index in [0.29, 0.717) is 22.3 Å². The third kappa shape index (κ3) is 4.59. The van der Waals surface area contributed by atoms with Crippen molar-refractivity contribution < 1.29 is 9.90 Å². The van der Waals surface area contributed by atoms with E-state index >= 15 is 0 Å². The number of thioether (sulfide) groups is 1. The van der Waals surface area contributed by atoms with E-state index in [0.717, 1.165) is 42.6 Å². The van der Waals surface area contributed by atoms with E-state index < -0.39 is 0 Å². The van der Waals surface area contributed by atoms with Crippen LogP contribution in [0.3, 0.4) is 0 Å². The molecule has 0 unspecified atom stereocenters. The molecule has 1 aliphatic carbocycles. The van der Waals surface area contributed by atoms with Gasteiger partial charge in [-0.3, -0.25) is 4.79 Å².